The van der Waals surface area contributed by atoms with Gasteiger partial charge in [-0.1, -0.05) is 11.6 Å². The fourth-order valence-corrected chi connectivity index (χ4v) is 1.30. The highest BCUT2D eigenvalue weighted by Crippen LogP contribution is 2.29. The van der Waals surface area contributed by atoms with Gasteiger partial charge in [0.25, 0.3) is 0 Å². The van der Waals surface area contributed by atoms with Crippen LogP contribution < -0.4 is 4.74 Å². The predicted octanol–water partition coefficient (Wildman–Crippen LogP) is 1.83. The van der Waals surface area contributed by atoms with Crippen molar-refractivity contribution in [2.24, 2.45) is 0 Å². The molecule has 0 N–H and O–H groups in total. The molecular weight excluding hydrogens is 252 g/mol. The van der Waals surface area contributed by atoms with E-state index in [9.17, 15) is 14.9 Å². The van der Waals surface area contributed by atoms with Gasteiger partial charge in [0.2, 0.25) is 11.0 Å². The van der Waals surface area contributed by atoms with E-state index in [4.69, 9.17) is 16.3 Å². The van der Waals surface area contributed by atoms with E-state index in [2.05, 4.69) is 9.72 Å². The van der Waals surface area contributed by atoms with Crippen molar-refractivity contribution in [1.82, 2.24) is 4.98 Å². The lowest BCUT2D eigenvalue weighted by atomic mass is 10.2. The Balaban J connectivity index is 3.36. The van der Waals surface area contributed by atoms with E-state index in [1.165, 1.54) is 0 Å². The van der Waals surface area contributed by atoms with Gasteiger partial charge in [-0.3, -0.25) is 10.1 Å². The van der Waals surface area contributed by atoms with E-state index in [0.717, 1.165) is 13.2 Å². The van der Waals surface area contributed by atoms with E-state index >= 15 is 0 Å². The van der Waals surface area contributed by atoms with Gasteiger partial charge in [0.1, 0.15) is 5.56 Å². The smallest absolute Gasteiger partial charge is 0.343 e. The van der Waals surface area contributed by atoms with Crippen LogP contribution >= 0.6 is 11.6 Å². The number of carbonyl (C=O) groups is 1. The number of nitro groups is 1. The number of pyridine rings is 1. The van der Waals surface area contributed by atoms with Crippen LogP contribution in [0.25, 0.3) is 0 Å². The first-order valence-corrected chi connectivity index (χ1v) is 4.95. The molecule has 7 nitrogen and oxygen atoms in total. The second kappa shape index (κ2) is 5.44. The fraction of sp³-hybridized carbons (Fsp3) is 0.333. The minimum atomic E-state index is -0.777. The van der Waals surface area contributed by atoms with Crippen LogP contribution in [0.5, 0.6) is 5.88 Å². The normalized spacial score (nSPS) is 9.82. The van der Waals surface area contributed by atoms with Gasteiger partial charge in [-0.15, -0.1) is 0 Å². The van der Waals surface area contributed by atoms with E-state index in [-0.39, 0.29) is 23.2 Å². The third-order valence-electron chi connectivity index (χ3n) is 1.81. The molecule has 0 amide bonds. The molecule has 0 radical (unpaired) electrons. The molecule has 0 fully saturated rings. The zero-order valence-corrected chi connectivity index (χ0v) is 9.85. The number of methoxy groups -OCH3 is 1. The van der Waals surface area contributed by atoms with Crippen molar-refractivity contribution >= 4 is 23.3 Å². The summed E-state index contributed by atoms with van der Waals surface area (Å²) in [5.41, 5.74) is -0.610. The maximum Gasteiger partial charge on any atom is 0.343 e. The standard InChI is InChI=1S/C9H9ClN2O5/c1-3-17-8-5(9(13)16-2)4-6(12(14)15)7(10)11-8/h4H,3H2,1-2H3. The Labute approximate surface area is 101 Å². The number of hydrogen-bond donors (Lipinski definition) is 0. The van der Waals surface area contributed by atoms with Gasteiger partial charge in [0.15, 0.2) is 0 Å². The molecule has 1 rings (SSSR count). The van der Waals surface area contributed by atoms with Gasteiger partial charge in [0, 0.05) is 6.07 Å². The molecular formula is C9H9ClN2O5. The Morgan fingerprint density at radius 2 is 2.29 bits per heavy atom. The maximum absolute atomic E-state index is 11.4. The topological polar surface area (TPSA) is 91.6 Å². The lowest BCUT2D eigenvalue weighted by Gasteiger charge is -2.07. The highest BCUT2D eigenvalue weighted by molar-refractivity contribution is 6.31. The van der Waals surface area contributed by atoms with E-state index in [1.807, 2.05) is 0 Å². The second-order valence-corrected chi connectivity index (χ2v) is 3.19. The molecule has 0 spiro atoms. The van der Waals surface area contributed by atoms with Crippen LogP contribution in [0.1, 0.15) is 17.3 Å². The number of esters is 1. The summed E-state index contributed by atoms with van der Waals surface area (Å²) in [7, 11) is 1.15. The van der Waals surface area contributed by atoms with Gasteiger partial charge in [-0.25, -0.2) is 4.79 Å². The molecule has 92 valence electrons. The van der Waals surface area contributed by atoms with E-state index < -0.39 is 16.6 Å². The number of nitrogens with zero attached hydrogens (tertiary/aromatic N) is 2. The zero-order chi connectivity index (χ0) is 13.0. The summed E-state index contributed by atoms with van der Waals surface area (Å²) in [5, 5.41) is 10.3. The maximum atomic E-state index is 11.4. The highest BCUT2D eigenvalue weighted by Gasteiger charge is 2.23. The van der Waals surface area contributed by atoms with Gasteiger partial charge in [0.05, 0.1) is 18.6 Å². The first-order valence-electron chi connectivity index (χ1n) is 4.57. The van der Waals surface area contributed by atoms with E-state index in [1.54, 1.807) is 6.92 Å². The third-order valence-corrected chi connectivity index (χ3v) is 2.08. The van der Waals surface area contributed by atoms with Gasteiger partial charge in [-0.2, -0.15) is 4.98 Å². The molecule has 8 heteroatoms. The lowest BCUT2D eigenvalue weighted by molar-refractivity contribution is -0.385. The largest absolute Gasteiger partial charge is 0.477 e. The summed E-state index contributed by atoms with van der Waals surface area (Å²) < 4.78 is 9.53. The summed E-state index contributed by atoms with van der Waals surface area (Å²) in [6.45, 7) is 1.92. The van der Waals surface area contributed by atoms with Crippen molar-refractivity contribution in [3.05, 3.63) is 26.9 Å². The number of ether oxygens (including phenoxy) is 2. The molecule has 0 aliphatic carbocycles. The molecule has 0 bridgehead atoms. The summed E-state index contributed by atoms with van der Waals surface area (Å²) in [5.74, 6) is -0.865. The Kier molecular flexibility index (Phi) is 4.22. The average molecular weight is 261 g/mol. The van der Waals surface area contributed by atoms with E-state index in [0.29, 0.717) is 0 Å². The van der Waals surface area contributed by atoms with Crippen molar-refractivity contribution in [1.29, 1.82) is 0 Å². The van der Waals surface area contributed by atoms with Crippen LogP contribution in [0, 0.1) is 10.1 Å². The Bertz CT molecular complexity index is 463. The Morgan fingerprint density at radius 1 is 1.65 bits per heavy atom. The highest BCUT2D eigenvalue weighted by atomic mass is 35.5. The van der Waals surface area contributed by atoms with Gasteiger partial charge >= 0.3 is 11.7 Å². The minimum absolute atomic E-state index is 0.0880. The Hall–Kier alpha value is -1.89. The molecule has 0 aromatic carbocycles. The first-order chi connectivity index (χ1) is 8.01. The van der Waals surface area contributed by atoms with Crippen molar-refractivity contribution in [3.63, 3.8) is 0 Å². The number of hydrogen-bond acceptors (Lipinski definition) is 6. The second-order valence-electron chi connectivity index (χ2n) is 2.83. The molecule has 1 aromatic rings. The van der Waals surface area contributed by atoms with Gasteiger partial charge < -0.3 is 9.47 Å². The van der Waals surface area contributed by atoms with Crippen molar-refractivity contribution < 1.29 is 19.2 Å². The summed E-state index contributed by atoms with van der Waals surface area (Å²) in [6.07, 6.45) is 0. The molecule has 0 saturated heterocycles. The molecule has 17 heavy (non-hydrogen) atoms. The van der Waals surface area contributed by atoms with Crippen molar-refractivity contribution in [3.8, 4) is 5.88 Å². The van der Waals surface area contributed by atoms with Crippen molar-refractivity contribution in [2.45, 2.75) is 6.92 Å². The molecule has 0 saturated carbocycles. The number of carbonyl (C=O) groups excluding carboxylic acids is 1. The number of halogens is 1. The summed E-state index contributed by atoms with van der Waals surface area (Å²) >= 11 is 5.60. The quantitative estimate of drug-likeness (QED) is 0.355. The first kappa shape index (κ1) is 13.2. The Morgan fingerprint density at radius 3 is 2.76 bits per heavy atom. The number of rotatable bonds is 4. The van der Waals surface area contributed by atoms with Crippen LogP contribution in [0.3, 0.4) is 0 Å². The van der Waals surface area contributed by atoms with Crippen LogP contribution in [0.15, 0.2) is 6.07 Å². The van der Waals surface area contributed by atoms with Gasteiger partial charge in [-0.05, 0) is 6.92 Å². The fourth-order valence-electron chi connectivity index (χ4n) is 1.10. The van der Waals surface area contributed by atoms with Crippen LogP contribution in [0.2, 0.25) is 5.15 Å². The number of aromatic nitrogens is 1. The molecule has 1 aromatic heterocycles. The van der Waals surface area contributed by atoms with Crippen LogP contribution in [-0.2, 0) is 4.74 Å². The SMILES string of the molecule is CCOc1nc(Cl)c([N+](=O)[O-])cc1C(=O)OC. The molecule has 1 heterocycles. The van der Waals surface area contributed by atoms with Crippen LogP contribution in [-0.4, -0.2) is 29.6 Å². The predicted molar refractivity (Wildman–Crippen MR) is 58.4 cm³/mol. The summed E-state index contributed by atoms with van der Waals surface area (Å²) in [6, 6.07) is 0.978. The average Bonchev–Trinajstić information content (AvgIpc) is 2.28. The zero-order valence-electron chi connectivity index (χ0n) is 9.10. The lowest BCUT2D eigenvalue weighted by Crippen LogP contribution is -2.08. The molecule has 0 aliphatic rings. The van der Waals surface area contributed by atoms with Crippen LogP contribution in [0.4, 0.5) is 5.69 Å². The molecule has 0 atom stereocenters. The molecule has 0 unspecified atom stereocenters. The molecule has 0 aliphatic heterocycles. The summed E-state index contributed by atoms with van der Waals surface area (Å²) in [4.78, 5) is 24.9. The minimum Gasteiger partial charge on any atom is -0.477 e. The monoisotopic (exact) mass is 260 g/mol. The third kappa shape index (κ3) is 2.82. The van der Waals surface area contributed by atoms with Crippen molar-refractivity contribution in [2.75, 3.05) is 13.7 Å².